The summed E-state index contributed by atoms with van der Waals surface area (Å²) in [6.45, 7) is -1.58. The van der Waals surface area contributed by atoms with E-state index >= 15 is 0 Å². The molecular weight excluding hydrogens is 213 g/mol. The summed E-state index contributed by atoms with van der Waals surface area (Å²) in [7, 11) is 0. The van der Waals surface area contributed by atoms with E-state index in [9.17, 15) is 18.0 Å². The number of halogens is 3. The number of rotatable bonds is 4. The first-order valence-corrected chi connectivity index (χ1v) is 4.50. The maximum Gasteiger partial charge on any atom is 0.411 e. The largest absolute Gasteiger partial charge is 0.490 e. The third-order valence-electron chi connectivity index (χ3n) is 1.71. The molecule has 0 bridgehead atoms. The van der Waals surface area contributed by atoms with Crippen LogP contribution in [-0.2, 0) is 14.3 Å². The van der Waals surface area contributed by atoms with Crippen molar-refractivity contribution in [1.82, 2.24) is 0 Å². The van der Waals surface area contributed by atoms with E-state index in [1.807, 2.05) is 0 Å². The second kappa shape index (κ2) is 5.16. The van der Waals surface area contributed by atoms with Gasteiger partial charge >= 0.3 is 6.18 Å². The van der Waals surface area contributed by atoms with Gasteiger partial charge in [0.15, 0.2) is 5.76 Å². The van der Waals surface area contributed by atoms with Crippen molar-refractivity contribution >= 4 is 5.78 Å². The van der Waals surface area contributed by atoms with Gasteiger partial charge in [-0.1, -0.05) is 0 Å². The van der Waals surface area contributed by atoms with Crippen LogP contribution in [0.5, 0.6) is 0 Å². The highest BCUT2D eigenvalue weighted by molar-refractivity contribution is 5.94. The van der Waals surface area contributed by atoms with Crippen LogP contribution >= 0.6 is 0 Å². The Kier molecular flexibility index (Phi) is 4.14. The molecule has 3 nitrogen and oxygen atoms in total. The zero-order valence-electron chi connectivity index (χ0n) is 7.97. The van der Waals surface area contributed by atoms with Gasteiger partial charge in [0.25, 0.3) is 0 Å². The molecule has 15 heavy (non-hydrogen) atoms. The molecule has 1 aliphatic rings. The van der Waals surface area contributed by atoms with Crippen molar-refractivity contribution in [2.45, 2.75) is 19.0 Å². The molecule has 0 aromatic rings. The minimum Gasteiger partial charge on any atom is -0.490 e. The maximum absolute atomic E-state index is 11.7. The fourth-order valence-corrected chi connectivity index (χ4v) is 1.08. The minimum absolute atomic E-state index is 0.114. The van der Waals surface area contributed by atoms with Crippen molar-refractivity contribution < 1.29 is 27.4 Å². The Morgan fingerprint density at radius 3 is 2.80 bits per heavy atom. The Hall–Kier alpha value is -1.04. The number of alkyl halides is 3. The van der Waals surface area contributed by atoms with E-state index < -0.39 is 25.2 Å². The van der Waals surface area contributed by atoms with Crippen LogP contribution in [0.15, 0.2) is 11.8 Å². The van der Waals surface area contributed by atoms with Crippen LogP contribution in [0.1, 0.15) is 12.8 Å². The molecule has 0 saturated carbocycles. The third-order valence-corrected chi connectivity index (χ3v) is 1.71. The Bertz CT molecular complexity index is 258. The van der Waals surface area contributed by atoms with Gasteiger partial charge < -0.3 is 9.47 Å². The van der Waals surface area contributed by atoms with Crippen molar-refractivity contribution in [3.8, 4) is 0 Å². The number of carbonyl (C=O) groups excluding carboxylic acids is 1. The van der Waals surface area contributed by atoms with Gasteiger partial charge in [-0.3, -0.25) is 4.79 Å². The third kappa shape index (κ3) is 4.83. The lowest BCUT2D eigenvalue weighted by molar-refractivity contribution is -0.175. The van der Waals surface area contributed by atoms with E-state index in [0.717, 1.165) is 6.42 Å². The molecule has 0 spiro atoms. The summed E-state index contributed by atoms with van der Waals surface area (Å²) in [6.07, 6.45) is -1.30. The van der Waals surface area contributed by atoms with Gasteiger partial charge in [-0.05, 0) is 18.9 Å². The smallest absolute Gasteiger partial charge is 0.411 e. The number of ether oxygens (including phenoxy) is 2. The van der Waals surface area contributed by atoms with Crippen molar-refractivity contribution in [2.75, 3.05) is 19.8 Å². The van der Waals surface area contributed by atoms with E-state index in [-0.39, 0.29) is 5.76 Å². The number of hydrogen-bond acceptors (Lipinski definition) is 3. The van der Waals surface area contributed by atoms with Crippen molar-refractivity contribution in [3.63, 3.8) is 0 Å². The molecule has 86 valence electrons. The van der Waals surface area contributed by atoms with Crippen LogP contribution < -0.4 is 0 Å². The molecule has 0 saturated heterocycles. The molecule has 0 N–H and O–H groups in total. The molecular formula is C9H11F3O3. The monoisotopic (exact) mass is 224 g/mol. The first kappa shape index (κ1) is 12.0. The number of ketones is 1. The zero-order valence-corrected chi connectivity index (χ0v) is 7.97. The van der Waals surface area contributed by atoms with Crippen molar-refractivity contribution in [1.29, 1.82) is 0 Å². The van der Waals surface area contributed by atoms with E-state index in [0.29, 0.717) is 13.0 Å². The van der Waals surface area contributed by atoms with Gasteiger partial charge in [0, 0.05) is 0 Å². The summed E-state index contributed by atoms with van der Waals surface area (Å²) in [5.74, 6) is -0.428. The molecule has 0 atom stereocenters. The van der Waals surface area contributed by atoms with Gasteiger partial charge in [-0.15, -0.1) is 0 Å². The van der Waals surface area contributed by atoms with E-state index in [1.165, 1.54) is 0 Å². The SMILES string of the molecule is O=C(COCC(F)(F)F)C1=CCCCO1. The van der Waals surface area contributed by atoms with Gasteiger partial charge in [-0.2, -0.15) is 13.2 Å². The zero-order chi connectivity index (χ0) is 11.3. The predicted molar refractivity (Wildman–Crippen MR) is 45.2 cm³/mol. The number of carbonyl (C=O) groups is 1. The van der Waals surface area contributed by atoms with Crippen LogP contribution in [0.2, 0.25) is 0 Å². The highest BCUT2D eigenvalue weighted by Crippen LogP contribution is 2.15. The lowest BCUT2D eigenvalue weighted by atomic mass is 10.2. The summed E-state index contributed by atoms with van der Waals surface area (Å²) in [4.78, 5) is 11.2. The summed E-state index contributed by atoms with van der Waals surface area (Å²) < 4.78 is 44.2. The Morgan fingerprint density at radius 2 is 2.27 bits per heavy atom. The number of hydrogen-bond donors (Lipinski definition) is 0. The Balaban J connectivity index is 2.27. The fourth-order valence-electron chi connectivity index (χ4n) is 1.08. The van der Waals surface area contributed by atoms with Crippen LogP contribution in [-0.4, -0.2) is 31.8 Å². The lowest BCUT2D eigenvalue weighted by Crippen LogP contribution is -2.22. The standard InChI is InChI=1S/C9H11F3O3/c10-9(11,12)6-14-5-7(13)8-3-1-2-4-15-8/h3H,1-2,4-6H2. The molecule has 0 fully saturated rings. The molecule has 0 unspecified atom stereocenters. The highest BCUT2D eigenvalue weighted by Gasteiger charge is 2.28. The molecule has 0 aromatic heterocycles. The van der Waals surface area contributed by atoms with Crippen molar-refractivity contribution in [3.05, 3.63) is 11.8 Å². The molecule has 1 aliphatic heterocycles. The Labute approximate surface area is 84.8 Å². The molecule has 0 aromatic carbocycles. The van der Waals surface area contributed by atoms with Crippen molar-refractivity contribution in [2.24, 2.45) is 0 Å². The highest BCUT2D eigenvalue weighted by atomic mass is 19.4. The normalized spacial score (nSPS) is 16.9. The molecule has 1 rings (SSSR count). The first-order chi connectivity index (χ1) is 6.99. The van der Waals surface area contributed by atoms with Gasteiger partial charge in [0.2, 0.25) is 5.78 Å². The molecule has 0 radical (unpaired) electrons. The molecule has 0 aliphatic carbocycles. The van der Waals surface area contributed by atoms with Gasteiger partial charge in [-0.25, -0.2) is 0 Å². The van der Waals surface area contributed by atoms with Crippen LogP contribution in [0, 0.1) is 0 Å². The second-order valence-electron chi connectivity index (χ2n) is 3.09. The maximum atomic E-state index is 11.7. The van der Waals surface area contributed by atoms with Crippen LogP contribution in [0.3, 0.4) is 0 Å². The summed E-state index contributed by atoms with van der Waals surface area (Å²) in [6, 6.07) is 0. The lowest BCUT2D eigenvalue weighted by Gasteiger charge is -2.14. The summed E-state index contributed by atoms with van der Waals surface area (Å²) in [5, 5.41) is 0. The number of Topliss-reactive ketones (excluding diaryl/α,β-unsaturated/α-hetero) is 1. The average Bonchev–Trinajstić information content (AvgIpc) is 2.17. The average molecular weight is 224 g/mol. The Morgan fingerprint density at radius 1 is 1.53 bits per heavy atom. The first-order valence-electron chi connectivity index (χ1n) is 4.50. The number of allylic oxidation sites excluding steroid dienone is 1. The molecule has 6 heteroatoms. The minimum atomic E-state index is -4.40. The fraction of sp³-hybridized carbons (Fsp3) is 0.667. The van der Waals surface area contributed by atoms with E-state index in [1.54, 1.807) is 6.08 Å². The van der Waals surface area contributed by atoms with Crippen LogP contribution in [0.25, 0.3) is 0 Å². The molecule has 1 heterocycles. The van der Waals surface area contributed by atoms with Gasteiger partial charge in [0.05, 0.1) is 6.61 Å². The van der Waals surface area contributed by atoms with E-state index in [2.05, 4.69) is 4.74 Å². The second-order valence-corrected chi connectivity index (χ2v) is 3.09. The summed E-state index contributed by atoms with van der Waals surface area (Å²) >= 11 is 0. The van der Waals surface area contributed by atoms with E-state index in [4.69, 9.17) is 4.74 Å². The van der Waals surface area contributed by atoms with Gasteiger partial charge in [0.1, 0.15) is 13.2 Å². The summed E-state index contributed by atoms with van der Waals surface area (Å²) in [5.41, 5.74) is 0. The van der Waals surface area contributed by atoms with Crippen LogP contribution in [0.4, 0.5) is 13.2 Å². The quantitative estimate of drug-likeness (QED) is 0.730. The molecule has 0 amide bonds. The predicted octanol–water partition coefficient (Wildman–Crippen LogP) is 1.83. The topological polar surface area (TPSA) is 35.5 Å².